The van der Waals surface area contributed by atoms with Gasteiger partial charge in [0.1, 0.15) is 18.2 Å². The molecule has 1 aliphatic rings. The van der Waals surface area contributed by atoms with Crippen molar-refractivity contribution in [2.75, 3.05) is 11.9 Å². The number of fused-ring (bicyclic) bond motifs is 1. The SMILES string of the molecule is C=CCOc1ccccc1C1CC(=O)Nc2c1cnn2-c1cccc(Cl)c1. The van der Waals surface area contributed by atoms with Gasteiger partial charge in [-0.15, -0.1) is 0 Å². The number of carbonyl (C=O) groups is 1. The molecule has 6 heteroatoms. The molecule has 0 spiro atoms. The number of anilines is 1. The van der Waals surface area contributed by atoms with Crippen LogP contribution in [0.2, 0.25) is 5.02 Å². The molecule has 5 nitrogen and oxygen atoms in total. The first kappa shape index (κ1) is 17.4. The molecular formula is C21H18ClN3O2. The van der Waals surface area contributed by atoms with E-state index in [1.165, 1.54) is 0 Å². The van der Waals surface area contributed by atoms with Crippen molar-refractivity contribution < 1.29 is 9.53 Å². The zero-order chi connectivity index (χ0) is 18.8. The third-order valence-electron chi connectivity index (χ3n) is 4.52. The molecule has 1 N–H and O–H groups in total. The Balaban J connectivity index is 1.79. The zero-order valence-electron chi connectivity index (χ0n) is 14.6. The highest BCUT2D eigenvalue weighted by atomic mass is 35.5. The number of carbonyl (C=O) groups excluding carboxylic acids is 1. The fourth-order valence-electron chi connectivity index (χ4n) is 3.35. The Bertz CT molecular complexity index is 1010. The van der Waals surface area contributed by atoms with Crippen LogP contribution in [-0.4, -0.2) is 22.3 Å². The molecule has 0 saturated heterocycles. The first-order valence-corrected chi connectivity index (χ1v) is 9.01. The average molecular weight is 380 g/mol. The summed E-state index contributed by atoms with van der Waals surface area (Å²) < 4.78 is 7.51. The lowest BCUT2D eigenvalue weighted by molar-refractivity contribution is -0.116. The number of rotatable bonds is 5. The van der Waals surface area contributed by atoms with Gasteiger partial charge >= 0.3 is 0 Å². The highest BCUT2D eigenvalue weighted by Gasteiger charge is 2.32. The summed E-state index contributed by atoms with van der Waals surface area (Å²) in [5.74, 6) is 1.22. The van der Waals surface area contributed by atoms with Crippen LogP contribution in [0.1, 0.15) is 23.5 Å². The summed E-state index contributed by atoms with van der Waals surface area (Å²) >= 11 is 6.11. The molecular weight excluding hydrogens is 362 g/mol. The Kier molecular flexibility index (Phi) is 4.69. The van der Waals surface area contributed by atoms with Crippen LogP contribution in [0.4, 0.5) is 5.82 Å². The van der Waals surface area contributed by atoms with Gasteiger partial charge in [0.2, 0.25) is 5.91 Å². The molecule has 1 aliphatic heterocycles. The molecule has 0 fully saturated rings. The quantitative estimate of drug-likeness (QED) is 0.661. The normalized spacial score (nSPS) is 15.7. The Labute approximate surface area is 162 Å². The number of nitrogens with one attached hydrogen (secondary N) is 1. The lowest BCUT2D eigenvalue weighted by atomic mass is 9.87. The molecule has 3 aromatic rings. The molecule has 4 rings (SSSR count). The molecule has 0 saturated carbocycles. The average Bonchev–Trinajstić information content (AvgIpc) is 3.09. The fourth-order valence-corrected chi connectivity index (χ4v) is 3.53. The predicted molar refractivity (Wildman–Crippen MR) is 106 cm³/mol. The third-order valence-corrected chi connectivity index (χ3v) is 4.76. The number of hydrogen-bond donors (Lipinski definition) is 1. The monoisotopic (exact) mass is 379 g/mol. The molecule has 2 aromatic carbocycles. The Morgan fingerprint density at radius 1 is 1.26 bits per heavy atom. The molecule has 0 radical (unpaired) electrons. The van der Waals surface area contributed by atoms with E-state index >= 15 is 0 Å². The van der Waals surface area contributed by atoms with Crippen LogP contribution in [0, 0.1) is 0 Å². The Morgan fingerprint density at radius 2 is 2.11 bits per heavy atom. The second kappa shape index (κ2) is 7.29. The van der Waals surface area contributed by atoms with Gasteiger partial charge in [0, 0.05) is 28.5 Å². The summed E-state index contributed by atoms with van der Waals surface area (Å²) in [6.07, 6.45) is 3.83. The molecule has 27 heavy (non-hydrogen) atoms. The summed E-state index contributed by atoms with van der Waals surface area (Å²) in [4.78, 5) is 12.4. The summed E-state index contributed by atoms with van der Waals surface area (Å²) in [5.41, 5.74) is 2.70. The lowest BCUT2D eigenvalue weighted by Gasteiger charge is -2.25. The van der Waals surface area contributed by atoms with Gasteiger partial charge in [0.25, 0.3) is 0 Å². The van der Waals surface area contributed by atoms with E-state index in [0.717, 1.165) is 22.6 Å². The number of benzene rings is 2. The van der Waals surface area contributed by atoms with Crippen molar-refractivity contribution in [1.29, 1.82) is 0 Å². The largest absolute Gasteiger partial charge is 0.489 e. The lowest BCUT2D eigenvalue weighted by Crippen LogP contribution is -2.25. The smallest absolute Gasteiger partial charge is 0.226 e. The van der Waals surface area contributed by atoms with Gasteiger partial charge in [-0.1, -0.05) is 48.5 Å². The van der Waals surface area contributed by atoms with Crippen molar-refractivity contribution in [3.8, 4) is 11.4 Å². The van der Waals surface area contributed by atoms with E-state index in [0.29, 0.717) is 23.9 Å². The minimum atomic E-state index is -0.136. The first-order chi connectivity index (χ1) is 13.2. The number of para-hydroxylation sites is 1. The van der Waals surface area contributed by atoms with Crippen LogP contribution in [0.5, 0.6) is 5.75 Å². The van der Waals surface area contributed by atoms with E-state index in [1.54, 1.807) is 23.0 Å². The maximum Gasteiger partial charge on any atom is 0.226 e. The van der Waals surface area contributed by atoms with Crippen LogP contribution in [0.15, 0.2) is 67.4 Å². The summed E-state index contributed by atoms with van der Waals surface area (Å²) in [6, 6.07) is 15.1. The molecule has 1 amide bonds. The van der Waals surface area contributed by atoms with Crippen molar-refractivity contribution in [3.63, 3.8) is 0 Å². The highest BCUT2D eigenvalue weighted by molar-refractivity contribution is 6.30. The van der Waals surface area contributed by atoms with Gasteiger partial charge < -0.3 is 10.1 Å². The van der Waals surface area contributed by atoms with E-state index < -0.39 is 0 Å². The highest BCUT2D eigenvalue weighted by Crippen LogP contribution is 2.41. The van der Waals surface area contributed by atoms with Crippen molar-refractivity contribution in [1.82, 2.24) is 9.78 Å². The van der Waals surface area contributed by atoms with Gasteiger partial charge in [-0.2, -0.15) is 5.10 Å². The van der Waals surface area contributed by atoms with Crippen molar-refractivity contribution in [3.05, 3.63) is 83.5 Å². The summed E-state index contributed by atoms with van der Waals surface area (Å²) in [5, 5.41) is 8.06. The van der Waals surface area contributed by atoms with Gasteiger partial charge in [0.15, 0.2) is 0 Å². The number of aromatic nitrogens is 2. The summed E-state index contributed by atoms with van der Waals surface area (Å²) in [6.45, 7) is 4.10. The molecule has 1 unspecified atom stereocenters. The standard InChI is InChI=1S/C21H18ClN3O2/c1-2-10-27-19-9-4-3-8-16(19)17-12-20(26)24-21-18(17)13-23-25(21)15-7-5-6-14(22)11-15/h2-9,11,13,17H,1,10,12H2,(H,24,26). The number of amides is 1. The minimum absolute atomic E-state index is 0.0604. The van der Waals surface area contributed by atoms with E-state index in [2.05, 4.69) is 17.0 Å². The molecule has 0 aliphatic carbocycles. The number of hydrogen-bond acceptors (Lipinski definition) is 3. The van der Waals surface area contributed by atoms with E-state index in [9.17, 15) is 4.79 Å². The number of ether oxygens (including phenoxy) is 1. The minimum Gasteiger partial charge on any atom is -0.489 e. The van der Waals surface area contributed by atoms with Crippen LogP contribution in [-0.2, 0) is 4.79 Å². The maximum absolute atomic E-state index is 12.4. The van der Waals surface area contributed by atoms with Gasteiger partial charge in [-0.25, -0.2) is 4.68 Å². The molecule has 1 atom stereocenters. The second-order valence-electron chi connectivity index (χ2n) is 6.28. The molecule has 2 heterocycles. The van der Waals surface area contributed by atoms with E-state index in [4.69, 9.17) is 16.3 Å². The molecule has 0 bridgehead atoms. The Hall–Kier alpha value is -3.05. The van der Waals surface area contributed by atoms with E-state index in [-0.39, 0.29) is 11.8 Å². The van der Waals surface area contributed by atoms with Gasteiger partial charge in [0.05, 0.1) is 11.9 Å². The van der Waals surface area contributed by atoms with Crippen LogP contribution >= 0.6 is 11.6 Å². The third kappa shape index (κ3) is 3.34. The summed E-state index contributed by atoms with van der Waals surface area (Å²) in [7, 11) is 0. The fraction of sp³-hybridized carbons (Fsp3) is 0.143. The van der Waals surface area contributed by atoms with Crippen LogP contribution in [0.3, 0.4) is 0 Å². The second-order valence-corrected chi connectivity index (χ2v) is 6.72. The van der Waals surface area contributed by atoms with Crippen LogP contribution in [0.25, 0.3) is 5.69 Å². The van der Waals surface area contributed by atoms with Crippen molar-refractivity contribution in [2.24, 2.45) is 0 Å². The van der Waals surface area contributed by atoms with Gasteiger partial charge in [-0.3, -0.25) is 4.79 Å². The topological polar surface area (TPSA) is 56.1 Å². The van der Waals surface area contributed by atoms with Gasteiger partial charge in [-0.05, 0) is 24.3 Å². The molecule has 136 valence electrons. The molecule has 1 aromatic heterocycles. The Morgan fingerprint density at radius 3 is 2.93 bits per heavy atom. The van der Waals surface area contributed by atoms with Crippen molar-refractivity contribution >= 4 is 23.3 Å². The zero-order valence-corrected chi connectivity index (χ0v) is 15.3. The first-order valence-electron chi connectivity index (χ1n) is 8.63. The number of halogens is 1. The predicted octanol–water partition coefficient (Wildman–Crippen LogP) is 4.56. The van der Waals surface area contributed by atoms with Crippen LogP contribution < -0.4 is 10.1 Å². The maximum atomic E-state index is 12.4. The van der Waals surface area contributed by atoms with Crippen molar-refractivity contribution in [2.45, 2.75) is 12.3 Å². The van der Waals surface area contributed by atoms with E-state index in [1.807, 2.05) is 42.5 Å². The number of nitrogens with zero attached hydrogens (tertiary/aromatic N) is 2.